The Morgan fingerprint density at radius 2 is 1.85 bits per heavy atom. The smallest absolute Gasteiger partial charge is 0.260 e. The van der Waals surface area contributed by atoms with Crippen LogP contribution in [-0.2, 0) is 15.6 Å². The summed E-state index contributed by atoms with van der Waals surface area (Å²) in [6.45, 7) is 9.52. The number of anilines is 1. The maximum absolute atomic E-state index is 13.8. The summed E-state index contributed by atoms with van der Waals surface area (Å²) in [5.41, 5.74) is 4.11. The van der Waals surface area contributed by atoms with Gasteiger partial charge in [0.25, 0.3) is 5.91 Å². The van der Waals surface area contributed by atoms with Gasteiger partial charge in [0.2, 0.25) is 0 Å². The van der Waals surface area contributed by atoms with E-state index in [1.807, 2.05) is 24.3 Å². The highest BCUT2D eigenvalue weighted by Gasteiger charge is 2.37. The number of aldehydes is 1. The van der Waals surface area contributed by atoms with Gasteiger partial charge in [0.1, 0.15) is 17.6 Å². The second-order valence-electron chi connectivity index (χ2n) is 10.1. The van der Waals surface area contributed by atoms with Crippen LogP contribution < -0.4 is 9.64 Å². The van der Waals surface area contributed by atoms with Gasteiger partial charge in [-0.15, -0.1) is 0 Å². The largest absolute Gasteiger partial charge is 0.494 e. The third-order valence-corrected chi connectivity index (χ3v) is 7.91. The van der Waals surface area contributed by atoms with Crippen LogP contribution in [0.15, 0.2) is 36.4 Å². The summed E-state index contributed by atoms with van der Waals surface area (Å²) in [6.07, 6.45) is 4.11. The minimum atomic E-state index is -0.0825. The van der Waals surface area contributed by atoms with Gasteiger partial charge < -0.3 is 9.53 Å². The maximum Gasteiger partial charge on any atom is 0.260 e. The van der Waals surface area contributed by atoms with Crippen molar-refractivity contribution in [2.24, 2.45) is 0 Å². The number of hydrogen-bond donors (Lipinski definition) is 0. The second-order valence-corrected chi connectivity index (χ2v) is 11.1. The molecule has 2 aromatic carbocycles. The predicted molar refractivity (Wildman–Crippen MR) is 135 cm³/mol. The number of thiazole rings is 1. The Kier molecular flexibility index (Phi) is 6.32. The van der Waals surface area contributed by atoms with E-state index in [9.17, 15) is 9.59 Å². The third kappa shape index (κ3) is 4.41. The number of benzene rings is 2. The fourth-order valence-electron chi connectivity index (χ4n) is 4.69. The standard InChI is InChI=1S/C27H32N2O3S/c1-26(2)13-14-27(3,4)20-17-18(11-12-19(20)26)24(31)29(15-6-7-16-30)25-28-23-21(32-5)9-8-10-22(23)33-25/h8-12,16-17H,6-7,13-15H2,1-5H3. The van der Waals surface area contributed by atoms with Crippen molar-refractivity contribution < 1.29 is 14.3 Å². The summed E-state index contributed by atoms with van der Waals surface area (Å²) in [7, 11) is 1.62. The molecule has 5 nitrogen and oxygen atoms in total. The highest BCUT2D eigenvalue weighted by Crippen LogP contribution is 2.46. The molecule has 0 radical (unpaired) electrons. The summed E-state index contributed by atoms with van der Waals surface area (Å²) in [4.78, 5) is 31.2. The van der Waals surface area contributed by atoms with Crippen LogP contribution in [0.4, 0.5) is 5.13 Å². The van der Waals surface area contributed by atoms with Crippen molar-refractivity contribution in [2.45, 2.75) is 64.2 Å². The molecule has 4 rings (SSSR count). The molecule has 0 saturated heterocycles. The van der Waals surface area contributed by atoms with Crippen LogP contribution >= 0.6 is 11.3 Å². The molecule has 0 spiro atoms. The lowest BCUT2D eigenvalue weighted by Crippen LogP contribution is -2.35. The molecule has 33 heavy (non-hydrogen) atoms. The van der Waals surface area contributed by atoms with Crippen molar-refractivity contribution in [1.82, 2.24) is 4.98 Å². The minimum Gasteiger partial charge on any atom is -0.494 e. The molecule has 0 aliphatic heterocycles. The number of ether oxygens (including phenoxy) is 1. The SMILES string of the molecule is COc1cccc2sc(N(CCCC=O)C(=O)c3ccc4c(c3)C(C)(C)CCC4(C)C)nc12. The van der Waals surface area contributed by atoms with Crippen LogP contribution in [0.1, 0.15) is 74.9 Å². The molecular formula is C27H32N2O3S. The third-order valence-electron chi connectivity index (χ3n) is 6.87. The molecule has 1 aromatic heterocycles. The molecule has 0 N–H and O–H groups in total. The Bertz CT molecular complexity index is 1200. The average Bonchev–Trinajstić information content (AvgIpc) is 3.23. The summed E-state index contributed by atoms with van der Waals surface area (Å²) < 4.78 is 6.43. The molecular weight excluding hydrogens is 432 g/mol. The van der Waals surface area contributed by atoms with Crippen molar-refractivity contribution in [3.8, 4) is 5.75 Å². The molecule has 1 aliphatic carbocycles. The number of methoxy groups -OCH3 is 1. The van der Waals surface area contributed by atoms with Gasteiger partial charge in [0.15, 0.2) is 5.13 Å². The number of amides is 1. The van der Waals surface area contributed by atoms with Gasteiger partial charge in [0.05, 0.1) is 11.8 Å². The Labute approximate surface area is 199 Å². The number of fused-ring (bicyclic) bond motifs is 2. The monoisotopic (exact) mass is 464 g/mol. The first-order chi connectivity index (χ1) is 15.7. The number of carbonyl (C=O) groups is 2. The van der Waals surface area contributed by atoms with Crippen LogP contribution in [0.25, 0.3) is 10.2 Å². The highest BCUT2D eigenvalue weighted by molar-refractivity contribution is 7.22. The number of nitrogens with zero attached hydrogens (tertiary/aromatic N) is 2. The summed E-state index contributed by atoms with van der Waals surface area (Å²) in [5.74, 6) is 0.606. The Morgan fingerprint density at radius 1 is 1.12 bits per heavy atom. The van der Waals surface area contributed by atoms with E-state index < -0.39 is 0 Å². The fourth-order valence-corrected chi connectivity index (χ4v) is 5.69. The lowest BCUT2D eigenvalue weighted by molar-refractivity contribution is -0.107. The van der Waals surface area contributed by atoms with Gasteiger partial charge in [-0.25, -0.2) is 4.98 Å². The lowest BCUT2D eigenvalue weighted by atomic mass is 9.63. The van der Waals surface area contributed by atoms with Crippen molar-refractivity contribution in [2.75, 3.05) is 18.6 Å². The number of carbonyl (C=O) groups excluding carboxylic acids is 2. The zero-order chi connectivity index (χ0) is 23.8. The first kappa shape index (κ1) is 23.4. The van der Waals surface area contributed by atoms with E-state index >= 15 is 0 Å². The molecule has 0 unspecified atom stereocenters. The van der Waals surface area contributed by atoms with Crippen LogP contribution in [0.2, 0.25) is 0 Å². The number of unbranched alkanes of at least 4 members (excludes halogenated alkanes) is 1. The van der Waals surface area contributed by atoms with Crippen molar-refractivity contribution in [1.29, 1.82) is 0 Å². The van der Waals surface area contributed by atoms with Gasteiger partial charge in [-0.05, 0) is 65.5 Å². The second kappa shape index (κ2) is 8.90. The van der Waals surface area contributed by atoms with Crippen molar-refractivity contribution in [3.63, 3.8) is 0 Å². The van der Waals surface area contributed by atoms with E-state index in [2.05, 4.69) is 39.8 Å². The summed E-state index contributed by atoms with van der Waals surface area (Å²) in [5, 5.41) is 0.628. The van der Waals surface area contributed by atoms with Crippen molar-refractivity contribution >= 4 is 38.9 Å². The van der Waals surface area contributed by atoms with Crippen LogP contribution in [0.5, 0.6) is 5.75 Å². The molecule has 1 heterocycles. The van der Waals surface area contributed by atoms with Crippen molar-refractivity contribution in [3.05, 3.63) is 53.1 Å². The zero-order valence-corrected chi connectivity index (χ0v) is 20.9. The van der Waals surface area contributed by atoms with E-state index in [4.69, 9.17) is 9.72 Å². The minimum absolute atomic E-state index is 0.0206. The van der Waals surface area contributed by atoms with E-state index in [-0.39, 0.29) is 16.7 Å². The molecule has 3 aromatic rings. The predicted octanol–water partition coefficient (Wildman–Crippen LogP) is 6.28. The Morgan fingerprint density at radius 3 is 2.55 bits per heavy atom. The van der Waals surface area contributed by atoms with E-state index in [1.165, 1.54) is 22.5 Å². The highest BCUT2D eigenvalue weighted by atomic mass is 32.1. The first-order valence-electron chi connectivity index (χ1n) is 11.5. The quantitative estimate of drug-likeness (QED) is 0.305. The summed E-state index contributed by atoms with van der Waals surface area (Å²) >= 11 is 1.47. The molecule has 1 aliphatic rings. The van der Waals surface area contributed by atoms with Gasteiger partial charge in [0, 0.05) is 18.5 Å². The van der Waals surface area contributed by atoms with Gasteiger partial charge in [-0.2, -0.15) is 0 Å². The van der Waals surface area contributed by atoms with E-state index in [0.29, 0.717) is 35.8 Å². The maximum atomic E-state index is 13.8. The van der Waals surface area contributed by atoms with E-state index in [1.54, 1.807) is 12.0 Å². The molecule has 174 valence electrons. The molecule has 1 amide bonds. The molecule has 0 fully saturated rings. The number of rotatable bonds is 7. The number of hydrogen-bond acceptors (Lipinski definition) is 5. The number of aromatic nitrogens is 1. The molecule has 0 saturated carbocycles. The molecule has 0 atom stereocenters. The zero-order valence-electron chi connectivity index (χ0n) is 20.1. The fraction of sp³-hybridized carbons (Fsp3) is 0.444. The van der Waals surface area contributed by atoms with Gasteiger partial charge in [-0.3, -0.25) is 9.69 Å². The Balaban J connectivity index is 1.76. The normalized spacial score (nSPS) is 16.3. The van der Waals surface area contributed by atoms with Crippen LogP contribution in [0, 0.1) is 0 Å². The van der Waals surface area contributed by atoms with E-state index in [0.717, 1.165) is 29.3 Å². The van der Waals surface area contributed by atoms with Gasteiger partial charge >= 0.3 is 0 Å². The van der Waals surface area contributed by atoms with Crippen LogP contribution in [0.3, 0.4) is 0 Å². The molecule has 0 bridgehead atoms. The Hall–Kier alpha value is -2.73. The molecule has 6 heteroatoms. The lowest BCUT2D eigenvalue weighted by Gasteiger charge is -2.42. The van der Waals surface area contributed by atoms with Crippen LogP contribution in [-0.4, -0.2) is 30.8 Å². The average molecular weight is 465 g/mol. The summed E-state index contributed by atoms with van der Waals surface area (Å²) in [6, 6.07) is 11.9. The first-order valence-corrected chi connectivity index (χ1v) is 12.3. The number of para-hydroxylation sites is 1. The topological polar surface area (TPSA) is 59.5 Å². The van der Waals surface area contributed by atoms with Gasteiger partial charge in [-0.1, -0.05) is 51.2 Å².